The molecule has 0 saturated heterocycles. The fourth-order valence-electron chi connectivity index (χ4n) is 2.36. The maximum atomic E-state index is 12.2. The van der Waals surface area contributed by atoms with Crippen molar-refractivity contribution in [2.75, 3.05) is 0 Å². The first-order chi connectivity index (χ1) is 10.5. The molecule has 22 heavy (non-hydrogen) atoms. The molecule has 1 aromatic heterocycles. The summed E-state index contributed by atoms with van der Waals surface area (Å²) in [5.41, 5.74) is 1.84. The van der Waals surface area contributed by atoms with Crippen LogP contribution in [0.4, 0.5) is 0 Å². The molecule has 0 spiro atoms. The van der Waals surface area contributed by atoms with E-state index in [1.54, 1.807) is 19.1 Å². The van der Waals surface area contributed by atoms with Crippen molar-refractivity contribution in [2.24, 2.45) is 5.92 Å². The minimum atomic E-state index is -0.937. The van der Waals surface area contributed by atoms with Crippen LogP contribution in [-0.2, 0) is 4.79 Å². The Morgan fingerprint density at radius 1 is 1.23 bits per heavy atom. The minimum absolute atomic E-state index is 0.164. The molecule has 0 bridgehead atoms. The van der Waals surface area contributed by atoms with Crippen molar-refractivity contribution in [3.8, 4) is 0 Å². The van der Waals surface area contributed by atoms with E-state index in [0.29, 0.717) is 6.42 Å². The van der Waals surface area contributed by atoms with E-state index >= 15 is 0 Å². The van der Waals surface area contributed by atoms with Crippen molar-refractivity contribution in [1.29, 1.82) is 0 Å². The third-order valence-corrected chi connectivity index (χ3v) is 3.63. The molecule has 0 radical (unpaired) electrons. The van der Waals surface area contributed by atoms with E-state index in [1.807, 2.05) is 31.2 Å². The summed E-state index contributed by atoms with van der Waals surface area (Å²) in [5.74, 6) is -1.90. The maximum Gasteiger partial charge on any atom is 0.308 e. The number of furan rings is 1. The van der Waals surface area contributed by atoms with Crippen LogP contribution < -0.4 is 5.32 Å². The van der Waals surface area contributed by atoms with Gasteiger partial charge in [0.1, 0.15) is 0 Å². The number of carbonyl (C=O) groups is 2. The van der Waals surface area contributed by atoms with Crippen molar-refractivity contribution in [1.82, 2.24) is 5.32 Å². The molecule has 0 saturated carbocycles. The molecule has 5 nitrogen and oxygen atoms in total. The standard InChI is InChI=1S/C17H19NO4/c1-3-13(17(20)21)15(12-8-6-11(2)7-9-12)18-16(19)14-5-4-10-22-14/h4-10,13,15H,3H2,1-2H3,(H,18,19)(H,20,21)/t13-,15?/m1/s1. The molecule has 0 fully saturated rings. The van der Waals surface area contributed by atoms with Gasteiger partial charge in [0.2, 0.25) is 0 Å². The van der Waals surface area contributed by atoms with Crippen LogP contribution >= 0.6 is 0 Å². The largest absolute Gasteiger partial charge is 0.481 e. The zero-order valence-electron chi connectivity index (χ0n) is 12.6. The van der Waals surface area contributed by atoms with Gasteiger partial charge in [0.15, 0.2) is 5.76 Å². The Morgan fingerprint density at radius 3 is 2.41 bits per heavy atom. The molecule has 116 valence electrons. The van der Waals surface area contributed by atoms with E-state index in [1.165, 1.54) is 6.26 Å². The first kappa shape index (κ1) is 15.8. The highest BCUT2D eigenvalue weighted by Gasteiger charge is 2.30. The third kappa shape index (κ3) is 3.55. The first-order valence-electron chi connectivity index (χ1n) is 7.16. The van der Waals surface area contributed by atoms with Crippen molar-refractivity contribution in [3.05, 3.63) is 59.5 Å². The van der Waals surface area contributed by atoms with E-state index < -0.39 is 23.8 Å². The zero-order chi connectivity index (χ0) is 16.1. The number of carboxylic acid groups (broad SMARTS) is 1. The highest BCUT2D eigenvalue weighted by Crippen LogP contribution is 2.26. The zero-order valence-corrected chi connectivity index (χ0v) is 12.6. The van der Waals surface area contributed by atoms with E-state index in [9.17, 15) is 14.7 Å². The van der Waals surface area contributed by atoms with Gasteiger partial charge in [-0.25, -0.2) is 0 Å². The van der Waals surface area contributed by atoms with Gasteiger partial charge in [0, 0.05) is 0 Å². The number of rotatable bonds is 6. The van der Waals surface area contributed by atoms with Crippen LogP contribution in [0.25, 0.3) is 0 Å². The number of aryl methyl sites for hydroxylation is 1. The van der Waals surface area contributed by atoms with Crippen LogP contribution in [0, 0.1) is 12.8 Å². The minimum Gasteiger partial charge on any atom is -0.481 e. The fraction of sp³-hybridized carbons (Fsp3) is 0.294. The quantitative estimate of drug-likeness (QED) is 0.859. The van der Waals surface area contributed by atoms with Gasteiger partial charge in [-0.3, -0.25) is 9.59 Å². The summed E-state index contributed by atoms with van der Waals surface area (Å²) in [6, 6.07) is 10.0. The molecule has 1 amide bonds. The van der Waals surface area contributed by atoms with Gasteiger partial charge in [-0.05, 0) is 31.0 Å². The van der Waals surface area contributed by atoms with Crippen LogP contribution in [0.15, 0.2) is 47.1 Å². The normalized spacial score (nSPS) is 13.4. The number of amides is 1. The van der Waals surface area contributed by atoms with E-state index in [2.05, 4.69) is 5.32 Å². The average Bonchev–Trinajstić information content (AvgIpc) is 3.01. The van der Waals surface area contributed by atoms with Crippen molar-refractivity contribution in [2.45, 2.75) is 26.3 Å². The second kappa shape index (κ2) is 6.93. The third-order valence-electron chi connectivity index (χ3n) is 3.63. The molecular formula is C17H19NO4. The highest BCUT2D eigenvalue weighted by atomic mass is 16.4. The average molecular weight is 301 g/mol. The van der Waals surface area contributed by atoms with E-state index in [4.69, 9.17) is 4.42 Å². The van der Waals surface area contributed by atoms with Crippen LogP contribution in [0.5, 0.6) is 0 Å². The smallest absolute Gasteiger partial charge is 0.308 e. The molecule has 0 aliphatic heterocycles. The number of benzene rings is 1. The lowest BCUT2D eigenvalue weighted by Crippen LogP contribution is -2.36. The van der Waals surface area contributed by atoms with Crippen LogP contribution in [0.1, 0.15) is 41.1 Å². The number of carboxylic acids is 1. The van der Waals surface area contributed by atoms with Gasteiger partial charge in [0.05, 0.1) is 18.2 Å². The Hall–Kier alpha value is -2.56. The molecule has 2 rings (SSSR count). The lowest BCUT2D eigenvalue weighted by atomic mass is 9.90. The number of hydrogen-bond donors (Lipinski definition) is 2. The van der Waals surface area contributed by atoms with Gasteiger partial charge < -0.3 is 14.8 Å². The van der Waals surface area contributed by atoms with Crippen LogP contribution in [-0.4, -0.2) is 17.0 Å². The van der Waals surface area contributed by atoms with Gasteiger partial charge in [-0.1, -0.05) is 36.8 Å². The van der Waals surface area contributed by atoms with Gasteiger partial charge >= 0.3 is 5.97 Å². The Labute approximate surface area is 129 Å². The number of carbonyl (C=O) groups excluding carboxylic acids is 1. The summed E-state index contributed by atoms with van der Waals surface area (Å²) in [7, 11) is 0. The molecule has 0 aliphatic carbocycles. The topological polar surface area (TPSA) is 79.5 Å². The SMILES string of the molecule is CC[C@@H](C(=O)O)C(NC(=O)c1ccco1)c1ccc(C)cc1. The van der Waals surface area contributed by atoms with Crippen molar-refractivity contribution in [3.63, 3.8) is 0 Å². The number of nitrogens with one attached hydrogen (secondary N) is 1. The lowest BCUT2D eigenvalue weighted by Gasteiger charge is -2.24. The predicted octanol–water partition coefficient (Wildman–Crippen LogP) is 3.17. The molecule has 0 aliphatic rings. The highest BCUT2D eigenvalue weighted by molar-refractivity contribution is 5.92. The lowest BCUT2D eigenvalue weighted by molar-refractivity contribution is -0.142. The Balaban J connectivity index is 2.30. The van der Waals surface area contributed by atoms with Crippen molar-refractivity contribution < 1.29 is 19.1 Å². The summed E-state index contributed by atoms with van der Waals surface area (Å²) in [4.78, 5) is 23.7. The molecule has 2 atom stereocenters. The number of hydrogen-bond acceptors (Lipinski definition) is 3. The summed E-state index contributed by atoms with van der Waals surface area (Å²) >= 11 is 0. The van der Waals surface area contributed by atoms with Crippen molar-refractivity contribution >= 4 is 11.9 Å². The predicted molar refractivity (Wildman–Crippen MR) is 81.5 cm³/mol. The Kier molecular flexibility index (Phi) is 4.99. The molecule has 1 heterocycles. The van der Waals surface area contributed by atoms with E-state index in [0.717, 1.165) is 11.1 Å². The monoisotopic (exact) mass is 301 g/mol. The second-order valence-corrected chi connectivity index (χ2v) is 5.19. The first-order valence-corrected chi connectivity index (χ1v) is 7.16. The van der Waals surface area contributed by atoms with Gasteiger partial charge in [-0.2, -0.15) is 0 Å². The number of aliphatic carboxylic acids is 1. The van der Waals surface area contributed by atoms with Gasteiger partial charge in [-0.15, -0.1) is 0 Å². The molecular weight excluding hydrogens is 282 g/mol. The Bertz CT molecular complexity index is 631. The molecule has 5 heteroatoms. The molecule has 2 N–H and O–H groups in total. The maximum absolute atomic E-state index is 12.2. The van der Waals surface area contributed by atoms with Crippen LogP contribution in [0.3, 0.4) is 0 Å². The summed E-state index contributed by atoms with van der Waals surface area (Å²) in [5, 5.41) is 12.2. The molecule has 1 aromatic carbocycles. The van der Waals surface area contributed by atoms with Gasteiger partial charge in [0.25, 0.3) is 5.91 Å². The second-order valence-electron chi connectivity index (χ2n) is 5.19. The summed E-state index contributed by atoms with van der Waals surface area (Å²) in [6.45, 7) is 3.74. The fourth-order valence-corrected chi connectivity index (χ4v) is 2.36. The molecule has 2 aromatic rings. The summed E-state index contributed by atoms with van der Waals surface area (Å²) in [6.07, 6.45) is 1.82. The van der Waals surface area contributed by atoms with E-state index in [-0.39, 0.29) is 5.76 Å². The Morgan fingerprint density at radius 2 is 1.91 bits per heavy atom. The molecule has 1 unspecified atom stereocenters. The summed E-state index contributed by atoms with van der Waals surface area (Å²) < 4.78 is 5.07. The van der Waals surface area contributed by atoms with Crippen LogP contribution in [0.2, 0.25) is 0 Å².